The Balaban J connectivity index is 1.50. The van der Waals surface area contributed by atoms with Gasteiger partial charge in [-0.3, -0.25) is 14.6 Å². The van der Waals surface area contributed by atoms with Gasteiger partial charge in [-0.2, -0.15) is 0 Å². The molecule has 0 saturated carbocycles. The molecule has 0 aliphatic carbocycles. The van der Waals surface area contributed by atoms with Crippen LogP contribution in [0.3, 0.4) is 0 Å². The van der Waals surface area contributed by atoms with Crippen LogP contribution in [0.15, 0.2) is 36.7 Å². The van der Waals surface area contributed by atoms with E-state index < -0.39 is 0 Å². The smallest absolute Gasteiger partial charge is 0.255 e. The van der Waals surface area contributed by atoms with Gasteiger partial charge in [0, 0.05) is 48.7 Å². The first kappa shape index (κ1) is 15.3. The van der Waals surface area contributed by atoms with E-state index in [-0.39, 0.29) is 17.2 Å². The second kappa shape index (κ2) is 5.70. The van der Waals surface area contributed by atoms with Gasteiger partial charge in [0.1, 0.15) is 0 Å². The van der Waals surface area contributed by atoms with Crippen molar-refractivity contribution in [3.8, 4) is 0 Å². The van der Waals surface area contributed by atoms with Crippen molar-refractivity contribution in [1.29, 1.82) is 0 Å². The molecular weight excluding hydrogens is 322 g/mol. The van der Waals surface area contributed by atoms with Gasteiger partial charge >= 0.3 is 0 Å². The molecule has 2 saturated heterocycles. The third kappa shape index (κ3) is 2.60. The number of rotatable bonds is 2. The standard InChI is InChI=1S/C18H19N3O2S/c1-13-4-5-16(24-13)21-12-18(9-15(21)22)6-8-20(11-18)17(23)14-3-2-7-19-10-14/h2-5,7,10H,6,8-9,11-12H2,1H3/t18-/m0/s1. The van der Waals surface area contributed by atoms with Gasteiger partial charge in [0.25, 0.3) is 5.91 Å². The number of anilines is 1. The summed E-state index contributed by atoms with van der Waals surface area (Å²) in [7, 11) is 0. The van der Waals surface area contributed by atoms with Crippen LogP contribution >= 0.6 is 11.3 Å². The Hall–Kier alpha value is -2.21. The molecule has 2 amide bonds. The van der Waals surface area contributed by atoms with Crippen molar-refractivity contribution in [3.05, 3.63) is 47.1 Å². The quantitative estimate of drug-likeness (QED) is 0.844. The summed E-state index contributed by atoms with van der Waals surface area (Å²) in [6.45, 7) is 4.11. The Kier molecular flexibility index (Phi) is 3.64. The van der Waals surface area contributed by atoms with Crippen molar-refractivity contribution in [2.75, 3.05) is 24.5 Å². The third-order valence-corrected chi connectivity index (χ3v) is 5.97. The molecule has 2 aliphatic rings. The maximum absolute atomic E-state index is 12.6. The van der Waals surface area contributed by atoms with E-state index in [1.54, 1.807) is 35.9 Å². The predicted octanol–water partition coefficient (Wildman–Crippen LogP) is 2.72. The fourth-order valence-corrected chi connectivity index (χ4v) is 4.60. The van der Waals surface area contributed by atoms with Gasteiger partial charge in [0.2, 0.25) is 5.91 Å². The zero-order valence-corrected chi connectivity index (χ0v) is 14.4. The second-order valence-corrected chi connectivity index (χ2v) is 8.03. The van der Waals surface area contributed by atoms with Crippen LogP contribution in [-0.4, -0.2) is 41.3 Å². The van der Waals surface area contributed by atoms with E-state index >= 15 is 0 Å². The zero-order valence-electron chi connectivity index (χ0n) is 13.6. The number of aromatic nitrogens is 1. The van der Waals surface area contributed by atoms with Gasteiger partial charge in [-0.1, -0.05) is 0 Å². The number of thiophene rings is 1. The maximum Gasteiger partial charge on any atom is 0.255 e. The molecule has 0 unspecified atom stereocenters. The van der Waals surface area contributed by atoms with E-state index in [1.807, 2.05) is 28.9 Å². The largest absolute Gasteiger partial charge is 0.338 e. The minimum atomic E-state index is -0.104. The number of pyridine rings is 1. The lowest BCUT2D eigenvalue weighted by molar-refractivity contribution is -0.117. The Morgan fingerprint density at radius 1 is 1.29 bits per heavy atom. The average molecular weight is 341 g/mol. The SMILES string of the molecule is Cc1ccc(N2C[C@@]3(CCN(C(=O)c4cccnc4)C3)CC2=O)s1. The third-order valence-electron chi connectivity index (χ3n) is 4.95. The Morgan fingerprint density at radius 2 is 2.17 bits per heavy atom. The number of amides is 2. The first-order chi connectivity index (χ1) is 11.6. The van der Waals surface area contributed by atoms with Gasteiger partial charge < -0.3 is 9.80 Å². The molecule has 1 spiro atoms. The molecule has 2 fully saturated rings. The summed E-state index contributed by atoms with van der Waals surface area (Å²) >= 11 is 1.65. The molecule has 24 heavy (non-hydrogen) atoms. The van der Waals surface area contributed by atoms with E-state index in [2.05, 4.69) is 4.98 Å². The van der Waals surface area contributed by atoms with Gasteiger partial charge in [0.05, 0.1) is 10.6 Å². The molecule has 0 radical (unpaired) electrons. The lowest BCUT2D eigenvalue weighted by atomic mass is 9.86. The van der Waals surface area contributed by atoms with E-state index in [4.69, 9.17) is 0 Å². The molecule has 124 valence electrons. The van der Waals surface area contributed by atoms with Gasteiger partial charge in [-0.05, 0) is 37.6 Å². The number of likely N-dealkylation sites (tertiary alicyclic amines) is 1. The summed E-state index contributed by atoms with van der Waals surface area (Å²) in [5.41, 5.74) is 0.511. The van der Waals surface area contributed by atoms with Gasteiger partial charge in [0.15, 0.2) is 0 Å². The summed E-state index contributed by atoms with van der Waals surface area (Å²) in [6, 6.07) is 7.63. The van der Waals surface area contributed by atoms with Crippen LogP contribution in [0.25, 0.3) is 0 Å². The normalized spacial score (nSPS) is 23.5. The lowest BCUT2D eigenvalue weighted by Crippen LogP contribution is -2.34. The van der Waals surface area contributed by atoms with Gasteiger partial charge in [-0.25, -0.2) is 0 Å². The molecule has 0 aromatic carbocycles. The minimum absolute atomic E-state index is 0.0119. The van der Waals surface area contributed by atoms with E-state index in [9.17, 15) is 9.59 Å². The molecule has 4 rings (SSSR count). The van der Waals surface area contributed by atoms with Crippen molar-refractivity contribution in [3.63, 3.8) is 0 Å². The van der Waals surface area contributed by atoms with Crippen molar-refractivity contribution >= 4 is 28.2 Å². The van der Waals surface area contributed by atoms with Crippen molar-refractivity contribution < 1.29 is 9.59 Å². The average Bonchev–Trinajstić information content (AvgIpc) is 3.27. The summed E-state index contributed by atoms with van der Waals surface area (Å²) in [5, 5.41) is 1.02. The molecule has 2 aromatic rings. The van der Waals surface area contributed by atoms with E-state index in [1.165, 1.54) is 4.88 Å². The van der Waals surface area contributed by atoms with Gasteiger partial charge in [-0.15, -0.1) is 11.3 Å². The highest BCUT2D eigenvalue weighted by atomic mass is 32.1. The number of hydrogen-bond donors (Lipinski definition) is 0. The van der Waals surface area contributed by atoms with E-state index in [0.717, 1.165) is 11.4 Å². The van der Waals surface area contributed by atoms with Crippen LogP contribution in [-0.2, 0) is 4.79 Å². The number of hydrogen-bond acceptors (Lipinski definition) is 4. The van der Waals surface area contributed by atoms with Crippen LogP contribution in [0.1, 0.15) is 28.1 Å². The molecule has 1 atom stereocenters. The highest BCUT2D eigenvalue weighted by Crippen LogP contribution is 2.43. The summed E-state index contributed by atoms with van der Waals surface area (Å²) in [4.78, 5) is 34.1. The highest BCUT2D eigenvalue weighted by Gasteiger charge is 2.49. The molecular formula is C18H19N3O2S. The molecule has 6 heteroatoms. The van der Waals surface area contributed by atoms with Crippen LogP contribution in [0, 0.1) is 12.3 Å². The number of carbonyl (C=O) groups is 2. The Morgan fingerprint density at radius 3 is 2.88 bits per heavy atom. The Bertz CT molecular complexity index is 789. The first-order valence-electron chi connectivity index (χ1n) is 8.12. The molecule has 5 nitrogen and oxygen atoms in total. The van der Waals surface area contributed by atoms with Crippen molar-refractivity contribution in [2.24, 2.45) is 5.41 Å². The van der Waals surface area contributed by atoms with Crippen LogP contribution in [0.5, 0.6) is 0 Å². The summed E-state index contributed by atoms with van der Waals surface area (Å²) < 4.78 is 0. The number of nitrogens with zero attached hydrogens (tertiary/aromatic N) is 3. The molecule has 2 aromatic heterocycles. The highest BCUT2D eigenvalue weighted by molar-refractivity contribution is 7.16. The Labute approximate surface area is 144 Å². The fraction of sp³-hybridized carbons (Fsp3) is 0.389. The van der Waals surface area contributed by atoms with Crippen molar-refractivity contribution in [1.82, 2.24) is 9.88 Å². The van der Waals surface area contributed by atoms with Crippen LogP contribution in [0.2, 0.25) is 0 Å². The predicted molar refractivity (Wildman–Crippen MR) is 93.2 cm³/mol. The van der Waals surface area contributed by atoms with Crippen LogP contribution < -0.4 is 4.90 Å². The molecule has 2 aliphatic heterocycles. The summed E-state index contributed by atoms with van der Waals surface area (Å²) in [6.07, 6.45) is 4.68. The maximum atomic E-state index is 12.6. The zero-order chi connectivity index (χ0) is 16.7. The minimum Gasteiger partial charge on any atom is -0.338 e. The van der Waals surface area contributed by atoms with E-state index in [0.29, 0.717) is 31.6 Å². The molecule has 4 heterocycles. The second-order valence-electron chi connectivity index (χ2n) is 6.76. The molecule has 0 bridgehead atoms. The summed E-state index contributed by atoms with van der Waals surface area (Å²) in [5.74, 6) is 0.186. The first-order valence-corrected chi connectivity index (χ1v) is 8.94. The molecule has 0 N–H and O–H groups in total. The van der Waals surface area contributed by atoms with Crippen molar-refractivity contribution in [2.45, 2.75) is 19.8 Å². The topological polar surface area (TPSA) is 53.5 Å². The van der Waals surface area contributed by atoms with Crippen LogP contribution in [0.4, 0.5) is 5.00 Å². The number of aryl methyl sites for hydroxylation is 1. The lowest BCUT2D eigenvalue weighted by Gasteiger charge is -2.23. The number of carbonyl (C=O) groups excluding carboxylic acids is 2. The fourth-order valence-electron chi connectivity index (χ4n) is 3.72. The monoisotopic (exact) mass is 341 g/mol.